The van der Waals surface area contributed by atoms with E-state index in [4.69, 9.17) is 53.3 Å². The molecule has 0 unspecified atom stereocenters. The van der Waals surface area contributed by atoms with Gasteiger partial charge in [0.1, 0.15) is 120 Å². The van der Waals surface area contributed by atoms with Crippen LogP contribution in [-0.2, 0) is 56.0 Å². The number of allylic oxidation sites excluding steroid dienone is 1. The maximum absolute atomic E-state index is 15.2. The third-order valence-corrected chi connectivity index (χ3v) is 22.2. The average molecular weight is 1570 g/mol. The van der Waals surface area contributed by atoms with Crippen molar-refractivity contribution < 1.29 is 106 Å². The summed E-state index contributed by atoms with van der Waals surface area (Å²) in [6.45, 7) is 6.65. The summed E-state index contributed by atoms with van der Waals surface area (Å²) in [6, 6.07) is 0.886. The van der Waals surface area contributed by atoms with Crippen molar-refractivity contribution in [3.05, 3.63) is 112 Å². The Hall–Kier alpha value is -9.53. The number of methoxy groups -OCH3 is 1. The second kappa shape index (κ2) is 30.7. The molecule has 0 spiro atoms. The Bertz CT molecular complexity index is 4790. The number of aliphatic hydroxyl groups is 2. The number of aliphatic hydroxyl groups excluding tert-OH is 1. The number of benzene rings is 1. The quantitative estimate of drug-likeness (QED) is 0.0563. The largest absolute Gasteiger partial charge is 0.506 e. The Morgan fingerprint density at radius 3 is 2.12 bits per heavy atom. The standard InChI is InChI=1S/C63H66N14O17S5.C2HF3O2/c1-26(78)42-54(83)72-43(27(2)89-8)57-67-36(24-97-57)53(82)73-46-48-49(94-40-17-63(4,87)50(74(5)6)28(3)93-40)62(86)91-18-29-10-9-11-38-41(29)31(19-90-48)47(77(38)88)61(85)92-20-32(64-51(80)34-23-98-59(46)68-34)56-65-33(21-96-56)44-30(55-66-35(22-95-55)52(81)71-42)16-39(79)45(70-44)58-69-37(25-99-58)60(84)76-14-12-75(7)13-15-76;3-2(4,5)1(6)7/h9-11,16,21-26,28,32,40,42,46,48-50,78-79,87-88H,12-15,17-20H2,1-8H3,(H,64,80)(H,71,81)(H,72,83)(H,73,82);(H,6,7)/b43-27+;/t26-,28+,32+,40+,42+,46+,48+,49+,50-,63+;/m1./s1. The fraction of sp³-hybridized carbons (Fsp3) is 0.415. The molecular weight excluding hydrogens is 1500 g/mol. The van der Waals surface area contributed by atoms with Crippen molar-refractivity contribution in [3.8, 4) is 38.4 Å². The highest BCUT2D eigenvalue weighted by atomic mass is 32.1. The van der Waals surface area contributed by atoms with Gasteiger partial charge in [0, 0.05) is 76.0 Å². The number of carboxylic acid groups (broad SMARTS) is 1. The average Bonchev–Trinajstić information content (AvgIpc) is 1.58. The first kappa shape index (κ1) is 76.1. The number of hydrogen-bond donors (Lipinski definition) is 9. The monoisotopic (exact) mass is 1560 g/mol. The number of halogens is 3. The van der Waals surface area contributed by atoms with Crippen LogP contribution in [0, 0.1) is 0 Å². The predicted molar refractivity (Wildman–Crippen MR) is 371 cm³/mol. The Morgan fingerprint density at radius 1 is 0.811 bits per heavy atom. The van der Waals surface area contributed by atoms with Crippen LogP contribution in [0.1, 0.15) is 125 Å². The first-order valence-corrected chi connectivity index (χ1v) is 36.6. The summed E-state index contributed by atoms with van der Waals surface area (Å²) in [5, 5.41) is 73.3. The van der Waals surface area contributed by atoms with Crippen LogP contribution >= 0.6 is 56.7 Å². The minimum Gasteiger partial charge on any atom is -0.506 e. The number of alkyl halides is 3. The van der Waals surface area contributed by atoms with Gasteiger partial charge in [-0.2, -0.15) is 17.9 Å². The van der Waals surface area contributed by atoms with Crippen molar-refractivity contribution >= 4 is 121 Å². The Kier molecular flexibility index (Phi) is 22.1. The molecule has 0 aliphatic carbocycles. The fourth-order valence-corrected chi connectivity index (χ4v) is 16.8. The number of fused-ring (bicyclic) bond motifs is 15. The lowest BCUT2D eigenvalue weighted by Crippen LogP contribution is -2.62. The van der Waals surface area contributed by atoms with E-state index in [1.54, 1.807) is 60.6 Å². The number of likely N-dealkylation sites (N-methyl/N-ethyl adjacent to an activating group) is 2. The first-order valence-electron chi connectivity index (χ1n) is 32.3. The van der Waals surface area contributed by atoms with E-state index in [0.29, 0.717) is 36.5 Å². The van der Waals surface area contributed by atoms with Crippen molar-refractivity contribution in [2.75, 3.05) is 61.0 Å². The lowest BCUT2D eigenvalue weighted by molar-refractivity contribution is -0.280. The molecule has 0 radical (unpaired) electrons. The van der Waals surface area contributed by atoms with E-state index >= 15 is 19.2 Å². The number of carbonyl (C=O) groups excluding carboxylic acids is 7. The Morgan fingerprint density at radius 2 is 1.44 bits per heavy atom. The number of aromatic hydroxyl groups is 1. The van der Waals surface area contributed by atoms with Crippen molar-refractivity contribution in [2.24, 2.45) is 0 Å². The van der Waals surface area contributed by atoms with E-state index in [0.717, 1.165) is 56.7 Å². The van der Waals surface area contributed by atoms with Crippen molar-refractivity contribution in [1.82, 2.24) is 70.6 Å². The molecule has 7 aromatic heterocycles. The summed E-state index contributed by atoms with van der Waals surface area (Å²) in [5.41, 5.74) is -1.94. The molecule has 41 heteroatoms. The van der Waals surface area contributed by atoms with E-state index in [-0.39, 0.29) is 111 Å². The molecule has 5 amide bonds. The van der Waals surface area contributed by atoms with E-state index in [1.165, 1.54) is 49.2 Å². The number of ether oxygens (including phenoxy) is 6. The molecule has 562 valence electrons. The third kappa shape index (κ3) is 15.7. The molecule has 12 bridgehead atoms. The zero-order valence-electron chi connectivity index (χ0n) is 57.1. The topological polar surface area (TPSA) is 433 Å². The number of nitrogens with one attached hydrogen (secondary N) is 4. The lowest BCUT2D eigenvalue weighted by atomic mass is 9.85. The fourth-order valence-electron chi connectivity index (χ4n) is 12.6. The molecular formula is C65H67F3N14O19S5. The summed E-state index contributed by atoms with van der Waals surface area (Å²) < 4.78 is 70.1. The van der Waals surface area contributed by atoms with Gasteiger partial charge in [-0.15, -0.1) is 56.7 Å². The van der Waals surface area contributed by atoms with Crippen LogP contribution in [-0.4, -0.2) is 238 Å². The maximum Gasteiger partial charge on any atom is 0.490 e. The molecule has 9 N–H and O–H groups in total. The zero-order chi connectivity index (χ0) is 76.1. The van der Waals surface area contributed by atoms with Crippen LogP contribution in [0.4, 0.5) is 13.2 Å². The van der Waals surface area contributed by atoms with E-state index < -0.39 is 139 Å². The molecule has 13 rings (SSSR count). The summed E-state index contributed by atoms with van der Waals surface area (Å²) >= 11 is 4.79. The number of thiazole rings is 5. The van der Waals surface area contributed by atoms with Gasteiger partial charge in [-0.3, -0.25) is 24.0 Å². The van der Waals surface area contributed by atoms with Crippen LogP contribution in [0.25, 0.3) is 49.3 Å². The number of nitrogens with zero attached hydrogens (tertiary/aromatic N) is 10. The highest BCUT2D eigenvalue weighted by molar-refractivity contribution is 7.14. The highest BCUT2D eigenvalue weighted by Crippen LogP contribution is 2.43. The number of esters is 2. The van der Waals surface area contributed by atoms with Crippen LogP contribution in [0.15, 0.2) is 56.9 Å². The van der Waals surface area contributed by atoms with Gasteiger partial charge in [0.2, 0.25) is 5.91 Å². The smallest absolute Gasteiger partial charge is 0.490 e. The van der Waals surface area contributed by atoms with Gasteiger partial charge in [-0.1, -0.05) is 12.1 Å². The second-order valence-corrected chi connectivity index (χ2v) is 29.8. The number of rotatable bonds is 7. The summed E-state index contributed by atoms with van der Waals surface area (Å²) in [5.74, 6) is -9.19. The van der Waals surface area contributed by atoms with Gasteiger partial charge in [-0.05, 0) is 66.5 Å². The number of aromatic nitrogens is 7. The number of amides is 5. The zero-order valence-corrected chi connectivity index (χ0v) is 61.2. The molecule has 2 fully saturated rings. The number of piperazine rings is 1. The molecule has 106 heavy (non-hydrogen) atoms. The molecule has 8 aromatic rings. The number of carboxylic acids is 1. The molecule has 5 aliphatic heterocycles. The van der Waals surface area contributed by atoms with E-state index in [2.05, 4.69) is 41.1 Å². The maximum atomic E-state index is 15.2. The van der Waals surface area contributed by atoms with Gasteiger partial charge in [0.25, 0.3) is 23.6 Å². The van der Waals surface area contributed by atoms with E-state index in [1.807, 2.05) is 7.05 Å². The lowest BCUT2D eigenvalue weighted by Gasteiger charge is -2.48. The van der Waals surface area contributed by atoms with Crippen LogP contribution in [0.2, 0.25) is 0 Å². The van der Waals surface area contributed by atoms with Crippen molar-refractivity contribution in [1.29, 1.82) is 0 Å². The molecule has 33 nitrogen and oxygen atoms in total. The molecule has 2 saturated heterocycles. The van der Waals surface area contributed by atoms with Crippen molar-refractivity contribution in [2.45, 2.75) is 114 Å². The van der Waals surface area contributed by atoms with Gasteiger partial charge >= 0.3 is 24.1 Å². The number of pyridine rings is 1. The van der Waals surface area contributed by atoms with Gasteiger partial charge in [0.15, 0.2) is 18.1 Å². The van der Waals surface area contributed by atoms with Gasteiger partial charge < -0.3 is 90.0 Å². The summed E-state index contributed by atoms with van der Waals surface area (Å²) in [4.78, 5) is 146. The molecule has 10 atom stereocenters. The highest BCUT2D eigenvalue weighted by Gasteiger charge is 2.50. The van der Waals surface area contributed by atoms with Crippen LogP contribution in [0.3, 0.4) is 0 Å². The summed E-state index contributed by atoms with van der Waals surface area (Å²) in [7, 11) is 6.84. The minimum atomic E-state index is -5.08. The number of hydrogen-bond acceptors (Lipinski definition) is 31. The number of cyclic esters (lactones) is 2. The molecule has 0 saturated carbocycles. The molecule has 5 aliphatic rings. The van der Waals surface area contributed by atoms with Crippen molar-refractivity contribution in [3.63, 3.8) is 0 Å². The third-order valence-electron chi connectivity index (χ3n) is 17.8. The number of carbonyl (C=O) groups is 8. The van der Waals surface area contributed by atoms with Crippen LogP contribution < -0.4 is 21.3 Å². The van der Waals surface area contributed by atoms with Gasteiger partial charge in [-0.25, -0.2) is 44.3 Å². The number of aliphatic carboxylic acids is 1. The van der Waals surface area contributed by atoms with Crippen LogP contribution in [0.5, 0.6) is 5.75 Å². The Labute approximate surface area is 618 Å². The van der Waals surface area contributed by atoms with Gasteiger partial charge in [0.05, 0.1) is 43.1 Å². The summed E-state index contributed by atoms with van der Waals surface area (Å²) in [6.07, 6.45) is -12.5. The first-order chi connectivity index (χ1) is 50.3. The SMILES string of the molecule is CO/C(C)=C1/NC(=O)[C@H]([C@@H](C)O)NC(=O)c2csc(n2)-c2cc(O)c(-c3nc(C(=O)N4CCN(C)CC4)cs3)nc2-c2csc(n2)[C@@H]2COC(=O)c3c4c5c(cccc5n3O)COC(=O)[C@@H](O[C@H]3C[C@](C)(O)[C@H](N(C)C)[C@H](C)O3)[C@@H](OC4)[C@H](NC(=O)c3csc1n3)c1nc(cs1)C(=O)N2.O=C(O)C(F)(F)F. The second-order valence-electron chi connectivity index (χ2n) is 25.4. The molecule has 12 heterocycles. The Balaban J connectivity index is 0.00000143. The van der Waals surface area contributed by atoms with E-state index in [9.17, 15) is 48.1 Å². The predicted octanol–water partition coefficient (Wildman–Crippen LogP) is 5.18. The molecule has 1 aromatic carbocycles. The minimum absolute atomic E-state index is 0.000837. The normalized spacial score (nSPS) is 24.3.